The molecule has 0 bridgehead atoms. The van der Waals surface area contributed by atoms with Crippen molar-refractivity contribution in [3.8, 4) is 0 Å². The van der Waals surface area contributed by atoms with Gasteiger partial charge in [-0.3, -0.25) is 9.78 Å². The largest absolute Gasteiger partial charge is 0.295 e. The van der Waals surface area contributed by atoms with Crippen LogP contribution >= 0.6 is 0 Å². The summed E-state index contributed by atoms with van der Waals surface area (Å²) in [5.41, 5.74) is 3.34. The minimum atomic E-state index is 0.0606. The lowest BCUT2D eigenvalue weighted by Gasteiger charge is -2.29. The number of fused-ring (bicyclic) bond motifs is 1. The number of allylic oxidation sites excluding steroid dienone is 2. The summed E-state index contributed by atoms with van der Waals surface area (Å²) in [4.78, 5) is 16.2. The van der Waals surface area contributed by atoms with Crippen molar-refractivity contribution in [2.45, 2.75) is 26.7 Å². The molecule has 0 fully saturated rings. The summed E-state index contributed by atoms with van der Waals surface area (Å²) in [5, 5.41) is 1.12. The van der Waals surface area contributed by atoms with E-state index >= 15 is 0 Å². The molecule has 96 valence electrons. The van der Waals surface area contributed by atoms with E-state index in [4.69, 9.17) is 0 Å². The molecule has 0 unspecified atom stereocenters. The second-order valence-electron chi connectivity index (χ2n) is 6.06. The minimum absolute atomic E-state index is 0.0606. The highest BCUT2D eigenvalue weighted by Gasteiger charge is 2.27. The summed E-state index contributed by atoms with van der Waals surface area (Å²) in [5.74, 6) is 0.234. The van der Waals surface area contributed by atoms with E-state index < -0.39 is 0 Å². The maximum atomic E-state index is 11.8. The third-order valence-corrected chi connectivity index (χ3v) is 3.63. The maximum Gasteiger partial charge on any atom is 0.156 e. The molecule has 2 nitrogen and oxygen atoms in total. The smallest absolute Gasteiger partial charge is 0.156 e. The molecule has 0 saturated carbocycles. The van der Waals surface area contributed by atoms with Crippen molar-refractivity contribution in [1.82, 2.24) is 4.98 Å². The number of aromatic nitrogens is 1. The molecule has 0 saturated heterocycles. The van der Waals surface area contributed by atoms with Crippen LogP contribution in [-0.2, 0) is 4.79 Å². The molecule has 3 rings (SSSR count). The van der Waals surface area contributed by atoms with Crippen LogP contribution in [-0.4, -0.2) is 10.8 Å². The van der Waals surface area contributed by atoms with Gasteiger partial charge in [0.1, 0.15) is 0 Å². The van der Waals surface area contributed by atoms with Gasteiger partial charge in [-0.2, -0.15) is 0 Å². The van der Waals surface area contributed by atoms with Crippen LogP contribution < -0.4 is 0 Å². The molecule has 0 radical (unpaired) electrons. The molecule has 0 atom stereocenters. The number of rotatable bonds is 1. The first-order valence-corrected chi connectivity index (χ1v) is 6.62. The fraction of sp³-hybridized carbons (Fsp3) is 0.294. The highest BCUT2D eigenvalue weighted by Crippen LogP contribution is 2.38. The minimum Gasteiger partial charge on any atom is -0.295 e. The topological polar surface area (TPSA) is 30.0 Å². The number of hydrogen-bond acceptors (Lipinski definition) is 2. The Morgan fingerprint density at radius 2 is 2.00 bits per heavy atom. The summed E-state index contributed by atoms with van der Waals surface area (Å²) < 4.78 is 0. The van der Waals surface area contributed by atoms with Gasteiger partial charge in [0, 0.05) is 18.0 Å². The summed E-state index contributed by atoms with van der Waals surface area (Å²) in [6.07, 6.45) is 5.20. The number of carbonyl (C=O) groups excluding carboxylic acids is 1. The van der Waals surface area contributed by atoms with Crippen LogP contribution in [0.3, 0.4) is 0 Å². The number of carbonyl (C=O) groups is 1. The van der Waals surface area contributed by atoms with Gasteiger partial charge < -0.3 is 0 Å². The van der Waals surface area contributed by atoms with Crippen LogP contribution in [0.1, 0.15) is 32.3 Å². The summed E-state index contributed by atoms with van der Waals surface area (Å²) in [7, 11) is 0. The summed E-state index contributed by atoms with van der Waals surface area (Å²) >= 11 is 0. The number of pyridine rings is 1. The second kappa shape index (κ2) is 4.30. The van der Waals surface area contributed by atoms with Crippen LogP contribution in [0.2, 0.25) is 0 Å². The number of nitrogens with zero attached hydrogens (tertiary/aromatic N) is 1. The Kier molecular flexibility index (Phi) is 2.74. The lowest BCUT2D eigenvalue weighted by molar-refractivity contribution is -0.116. The Bertz CT molecular complexity index is 682. The van der Waals surface area contributed by atoms with Crippen LogP contribution in [0.4, 0.5) is 0 Å². The van der Waals surface area contributed by atoms with Gasteiger partial charge in [-0.05, 0) is 47.2 Å². The van der Waals surface area contributed by atoms with Gasteiger partial charge >= 0.3 is 0 Å². The molecule has 1 aliphatic carbocycles. The van der Waals surface area contributed by atoms with E-state index in [1.165, 1.54) is 0 Å². The van der Waals surface area contributed by atoms with Gasteiger partial charge in [0.15, 0.2) is 5.78 Å². The first kappa shape index (κ1) is 12.1. The van der Waals surface area contributed by atoms with Gasteiger partial charge in [-0.1, -0.05) is 26.0 Å². The van der Waals surface area contributed by atoms with Crippen LogP contribution in [0, 0.1) is 5.41 Å². The Morgan fingerprint density at radius 3 is 2.79 bits per heavy atom. The van der Waals surface area contributed by atoms with Crippen molar-refractivity contribution >= 4 is 22.3 Å². The molecule has 1 aliphatic rings. The molecule has 0 amide bonds. The SMILES string of the molecule is CC1(C)CC(=O)C=C(c2ccc3ncccc3c2)C1. The van der Waals surface area contributed by atoms with Crippen LogP contribution in [0.15, 0.2) is 42.6 Å². The molecule has 19 heavy (non-hydrogen) atoms. The van der Waals surface area contributed by atoms with Crippen LogP contribution in [0.5, 0.6) is 0 Å². The Labute approximate surface area is 113 Å². The number of benzene rings is 1. The molecule has 0 N–H and O–H groups in total. The van der Waals surface area contributed by atoms with Gasteiger partial charge in [-0.15, -0.1) is 0 Å². The van der Waals surface area contributed by atoms with Crippen LogP contribution in [0.25, 0.3) is 16.5 Å². The van der Waals surface area contributed by atoms with Crippen molar-refractivity contribution in [2.75, 3.05) is 0 Å². The zero-order valence-electron chi connectivity index (χ0n) is 11.3. The highest BCUT2D eigenvalue weighted by atomic mass is 16.1. The monoisotopic (exact) mass is 251 g/mol. The molecule has 2 heteroatoms. The van der Waals surface area contributed by atoms with Gasteiger partial charge in [0.25, 0.3) is 0 Å². The van der Waals surface area contributed by atoms with E-state index in [2.05, 4.69) is 37.0 Å². The van der Waals surface area contributed by atoms with E-state index in [9.17, 15) is 4.79 Å². The van der Waals surface area contributed by atoms with Crippen molar-refractivity contribution in [3.05, 3.63) is 48.2 Å². The predicted molar refractivity (Wildman–Crippen MR) is 77.7 cm³/mol. The van der Waals surface area contributed by atoms with Crippen molar-refractivity contribution in [3.63, 3.8) is 0 Å². The number of ketones is 1. The second-order valence-corrected chi connectivity index (χ2v) is 6.06. The third kappa shape index (κ3) is 2.43. The Balaban J connectivity index is 2.07. The molecular formula is C17H17NO. The number of hydrogen-bond donors (Lipinski definition) is 0. The lowest BCUT2D eigenvalue weighted by atomic mass is 9.75. The summed E-state index contributed by atoms with van der Waals surface area (Å²) in [6, 6.07) is 10.2. The van der Waals surface area contributed by atoms with E-state index in [0.29, 0.717) is 6.42 Å². The zero-order chi connectivity index (χ0) is 13.5. The average molecular weight is 251 g/mol. The predicted octanol–water partition coefficient (Wildman–Crippen LogP) is 4.01. The standard InChI is InChI=1S/C17H17NO/c1-17(2)10-14(9-15(19)11-17)12-5-6-16-13(8-12)4-3-7-18-16/h3-9H,10-11H2,1-2H3. The van der Waals surface area contributed by atoms with Gasteiger partial charge in [0.2, 0.25) is 0 Å². The van der Waals surface area contributed by atoms with Gasteiger partial charge in [-0.25, -0.2) is 0 Å². The molecular weight excluding hydrogens is 234 g/mol. The lowest BCUT2D eigenvalue weighted by Crippen LogP contribution is -2.21. The first-order valence-electron chi connectivity index (χ1n) is 6.62. The normalized spacial score (nSPS) is 18.4. The van der Waals surface area contributed by atoms with Crippen molar-refractivity contribution in [2.24, 2.45) is 5.41 Å². The van der Waals surface area contributed by atoms with Crippen molar-refractivity contribution < 1.29 is 4.79 Å². The van der Waals surface area contributed by atoms with E-state index in [1.54, 1.807) is 6.20 Å². The van der Waals surface area contributed by atoms with Crippen molar-refractivity contribution in [1.29, 1.82) is 0 Å². The molecule has 0 aliphatic heterocycles. The Morgan fingerprint density at radius 1 is 1.16 bits per heavy atom. The third-order valence-electron chi connectivity index (χ3n) is 3.63. The quantitative estimate of drug-likeness (QED) is 0.766. The van der Waals surface area contributed by atoms with Gasteiger partial charge in [0.05, 0.1) is 5.52 Å². The van der Waals surface area contributed by atoms with E-state index in [-0.39, 0.29) is 11.2 Å². The molecule has 1 heterocycles. The fourth-order valence-corrected chi connectivity index (χ4v) is 2.81. The highest BCUT2D eigenvalue weighted by molar-refractivity contribution is 5.99. The van der Waals surface area contributed by atoms with E-state index in [1.807, 2.05) is 18.2 Å². The Hall–Kier alpha value is -1.96. The molecule has 2 aromatic rings. The van der Waals surface area contributed by atoms with E-state index in [0.717, 1.165) is 28.5 Å². The maximum absolute atomic E-state index is 11.8. The fourth-order valence-electron chi connectivity index (χ4n) is 2.81. The average Bonchev–Trinajstić information content (AvgIpc) is 2.36. The summed E-state index contributed by atoms with van der Waals surface area (Å²) in [6.45, 7) is 4.31. The molecule has 1 aromatic carbocycles. The zero-order valence-corrected chi connectivity index (χ0v) is 11.3. The molecule has 1 aromatic heterocycles. The molecule has 0 spiro atoms. The first-order chi connectivity index (χ1) is 9.03.